The van der Waals surface area contributed by atoms with E-state index in [0.717, 1.165) is 12.1 Å². The van der Waals surface area contributed by atoms with Crippen molar-refractivity contribution in [2.75, 3.05) is 14.1 Å². The summed E-state index contributed by atoms with van der Waals surface area (Å²) >= 11 is 0. The molecule has 0 N–H and O–H groups in total. The lowest BCUT2D eigenvalue weighted by Crippen LogP contribution is -2.21. The first-order chi connectivity index (χ1) is 7.56. The second-order valence-electron chi connectivity index (χ2n) is 3.84. The van der Waals surface area contributed by atoms with E-state index in [1.807, 2.05) is 6.07 Å². The van der Waals surface area contributed by atoms with Crippen molar-refractivity contribution in [3.8, 4) is 6.07 Å². The van der Waals surface area contributed by atoms with E-state index in [2.05, 4.69) is 0 Å². The van der Waals surface area contributed by atoms with Crippen molar-refractivity contribution in [1.82, 2.24) is 4.90 Å². The number of nitrogens with zero attached hydrogens (tertiary/aromatic N) is 2. The molecule has 4 heteroatoms. The second kappa shape index (κ2) is 5.57. The maximum absolute atomic E-state index is 13.5. The smallest absolute Gasteiger partial charge is 0.128 e. The van der Waals surface area contributed by atoms with Crippen LogP contribution in [-0.4, -0.2) is 19.0 Å². The third-order valence-electron chi connectivity index (χ3n) is 2.47. The van der Waals surface area contributed by atoms with E-state index in [1.54, 1.807) is 19.0 Å². The van der Waals surface area contributed by atoms with Crippen LogP contribution in [0.4, 0.5) is 8.78 Å². The van der Waals surface area contributed by atoms with Crippen LogP contribution in [0.2, 0.25) is 0 Å². The van der Waals surface area contributed by atoms with Crippen LogP contribution in [0.5, 0.6) is 0 Å². The first kappa shape index (κ1) is 12.6. The van der Waals surface area contributed by atoms with Gasteiger partial charge in [-0.2, -0.15) is 5.26 Å². The maximum Gasteiger partial charge on any atom is 0.128 e. The number of rotatable bonds is 4. The first-order valence-corrected chi connectivity index (χ1v) is 5.04. The number of hydrogen-bond donors (Lipinski definition) is 0. The van der Waals surface area contributed by atoms with Crippen molar-refractivity contribution in [3.05, 3.63) is 35.4 Å². The third kappa shape index (κ3) is 3.01. The van der Waals surface area contributed by atoms with Gasteiger partial charge in [-0.15, -0.1) is 0 Å². The molecule has 0 heterocycles. The van der Waals surface area contributed by atoms with Gasteiger partial charge in [-0.3, -0.25) is 0 Å². The molecule has 0 radical (unpaired) electrons. The van der Waals surface area contributed by atoms with E-state index in [4.69, 9.17) is 5.26 Å². The summed E-state index contributed by atoms with van der Waals surface area (Å²) < 4.78 is 26.6. The van der Waals surface area contributed by atoms with E-state index in [0.29, 0.717) is 18.4 Å². The van der Waals surface area contributed by atoms with Gasteiger partial charge in [-0.25, -0.2) is 8.78 Å². The minimum absolute atomic E-state index is 0.268. The van der Waals surface area contributed by atoms with Gasteiger partial charge < -0.3 is 4.90 Å². The topological polar surface area (TPSA) is 27.0 Å². The van der Waals surface area contributed by atoms with Crippen LogP contribution in [0.1, 0.15) is 24.4 Å². The van der Waals surface area contributed by atoms with E-state index >= 15 is 0 Å². The van der Waals surface area contributed by atoms with Crippen LogP contribution in [0.15, 0.2) is 18.2 Å². The average Bonchev–Trinajstić information content (AvgIpc) is 2.23. The van der Waals surface area contributed by atoms with Gasteiger partial charge in [0.2, 0.25) is 0 Å². The molecule has 1 atom stereocenters. The van der Waals surface area contributed by atoms with Crippen LogP contribution < -0.4 is 0 Å². The van der Waals surface area contributed by atoms with Crippen molar-refractivity contribution in [2.45, 2.75) is 18.9 Å². The van der Waals surface area contributed by atoms with Crippen molar-refractivity contribution in [1.29, 1.82) is 5.26 Å². The van der Waals surface area contributed by atoms with Crippen LogP contribution in [0, 0.1) is 23.0 Å². The molecule has 0 bridgehead atoms. The van der Waals surface area contributed by atoms with Crippen LogP contribution in [0.3, 0.4) is 0 Å². The number of halogens is 2. The molecule has 1 rings (SSSR count). The molecule has 0 aromatic heterocycles. The average molecular weight is 224 g/mol. The van der Waals surface area contributed by atoms with Crippen LogP contribution >= 0.6 is 0 Å². The van der Waals surface area contributed by atoms with Gasteiger partial charge in [0.15, 0.2) is 0 Å². The van der Waals surface area contributed by atoms with Gasteiger partial charge in [0.1, 0.15) is 11.6 Å². The summed E-state index contributed by atoms with van der Waals surface area (Å²) in [4.78, 5) is 1.79. The minimum Gasteiger partial charge on any atom is -0.302 e. The zero-order valence-corrected chi connectivity index (χ0v) is 9.37. The molecule has 0 aliphatic rings. The standard InChI is InChI=1S/C12H14F2N2/c1-16(2)12(4-3-7-15)10-8-9(13)5-6-11(10)14/h5-6,8,12H,3-4H2,1-2H3. The molecule has 0 saturated heterocycles. The van der Waals surface area contributed by atoms with E-state index in [1.165, 1.54) is 6.07 Å². The monoisotopic (exact) mass is 224 g/mol. The van der Waals surface area contributed by atoms with Gasteiger partial charge in [-0.05, 0) is 38.7 Å². The molecule has 16 heavy (non-hydrogen) atoms. The Morgan fingerprint density at radius 1 is 1.38 bits per heavy atom. The molecular formula is C12H14F2N2. The summed E-state index contributed by atoms with van der Waals surface area (Å²) in [6, 6.07) is 5.15. The Bertz CT molecular complexity index is 396. The summed E-state index contributed by atoms with van der Waals surface area (Å²) in [7, 11) is 3.57. The third-order valence-corrected chi connectivity index (χ3v) is 2.47. The highest BCUT2D eigenvalue weighted by molar-refractivity contribution is 5.22. The van der Waals surface area contributed by atoms with E-state index in [9.17, 15) is 8.78 Å². The van der Waals surface area contributed by atoms with Gasteiger partial charge in [0.05, 0.1) is 6.07 Å². The van der Waals surface area contributed by atoms with Gasteiger partial charge >= 0.3 is 0 Å². The molecule has 86 valence electrons. The van der Waals surface area contributed by atoms with Gasteiger partial charge in [0, 0.05) is 18.0 Å². The maximum atomic E-state index is 13.5. The molecule has 0 spiro atoms. The Morgan fingerprint density at radius 3 is 2.62 bits per heavy atom. The Hall–Kier alpha value is -1.47. The van der Waals surface area contributed by atoms with E-state index < -0.39 is 11.6 Å². The number of hydrogen-bond acceptors (Lipinski definition) is 2. The quantitative estimate of drug-likeness (QED) is 0.786. The molecule has 1 unspecified atom stereocenters. The molecule has 0 amide bonds. The van der Waals surface area contributed by atoms with E-state index in [-0.39, 0.29) is 6.04 Å². The Morgan fingerprint density at radius 2 is 2.06 bits per heavy atom. The molecule has 1 aromatic carbocycles. The Kier molecular flexibility index (Phi) is 4.39. The fraction of sp³-hybridized carbons (Fsp3) is 0.417. The Labute approximate surface area is 94.1 Å². The highest BCUT2D eigenvalue weighted by Crippen LogP contribution is 2.26. The number of benzene rings is 1. The van der Waals surface area contributed by atoms with Crippen molar-refractivity contribution >= 4 is 0 Å². The lowest BCUT2D eigenvalue weighted by molar-refractivity contribution is 0.278. The molecule has 0 saturated carbocycles. The van der Waals surface area contributed by atoms with Crippen molar-refractivity contribution < 1.29 is 8.78 Å². The van der Waals surface area contributed by atoms with Crippen LogP contribution in [0.25, 0.3) is 0 Å². The minimum atomic E-state index is -0.458. The fourth-order valence-electron chi connectivity index (χ4n) is 1.66. The molecule has 0 fully saturated rings. The lowest BCUT2D eigenvalue weighted by atomic mass is 10.0. The molecule has 2 nitrogen and oxygen atoms in total. The van der Waals surface area contributed by atoms with Gasteiger partial charge in [0.25, 0.3) is 0 Å². The van der Waals surface area contributed by atoms with Gasteiger partial charge in [-0.1, -0.05) is 0 Å². The first-order valence-electron chi connectivity index (χ1n) is 5.04. The molecule has 1 aromatic rings. The van der Waals surface area contributed by atoms with Crippen molar-refractivity contribution in [2.24, 2.45) is 0 Å². The van der Waals surface area contributed by atoms with Crippen molar-refractivity contribution in [3.63, 3.8) is 0 Å². The summed E-state index contributed by atoms with van der Waals surface area (Å²) in [6.45, 7) is 0. The van der Waals surface area contributed by atoms with Crippen LogP contribution in [-0.2, 0) is 0 Å². The summed E-state index contributed by atoms with van der Waals surface area (Å²) in [5, 5.41) is 8.53. The highest BCUT2D eigenvalue weighted by atomic mass is 19.1. The lowest BCUT2D eigenvalue weighted by Gasteiger charge is -2.24. The zero-order valence-electron chi connectivity index (χ0n) is 9.37. The normalized spacial score (nSPS) is 12.5. The predicted molar refractivity (Wildman–Crippen MR) is 57.6 cm³/mol. The SMILES string of the molecule is CN(C)C(CCC#N)c1cc(F)ccc1F. The molecule has 0 aliphatic heterocycles. The Balaban J connectivity index is 3.01. The summed E-state index contributed by atoms with van der Waals surface area (Å²) in [5.74, 6) is -0.891. The number of nitriles is 1. The zero-order chi connectivity index (χ0) is 12.1. The molecule has 0 aliphatic carbocycles. The predicted octanol–water partition coefficient (Wildman–Crippen LogP) is 2.87. The largest absolute Gasteiger partial charge is 0.302 e. The highest BCUT2D eigenvalue weighted by Gasteiger charge is 2.18. The summed E-state index contributed by atoms with van der Waals surface area (Å²) in [6.07, 6.45) is 0.808. The second-order valence-corrected chi connectivity index (χ2v) is 3.84. The fourth-order valence-corrected chi connectivity index (χ4v) is 1.66. The molecular weight excluding hydrogens is 210 g/mol. The summed E-state index contributed by atoms with van der Waals surface area (Å²) in [5.41, 5.74) is 0.306.